The highest BCUT2D eigenvalue weighted by Crippen LogP contribution is 2.28. The lowest BCUT2D eigenvalue weighted by Gasteiger charge is -2.30. The Morgan fingerprint density at radius 1 is 0.526 bits per heavy atom. The van der Waals surface area contributed by atoms with Crippen LogP contribution < -0.4 is 0 Å². The molecule has 2 aromatic carbocycles. The number of hydrogen-bond acceptors (Lipinski definition) is 2. The molecule has 3 nitrogen and oxygen atoms in total. The Labute approximate surface area is 232 Å². The minimum atomic E-state index is -0.0383. The summed E-state index contributed by atoms with van der Waals surface area (Å²) in [6.07, 6.45) is 22.3. The van der Waals surface area contributed by atoms with E-state index in [9.17, 15) is 9.59 Å². The number of benzene rings is 2. The SMILES string of the molecule is CCCCCCCCCCCCCCCCCC[N+](C)(C)Cc1ccc2c(c1)C(=O)c1ccccc1C2=O. The Balaban J connectivity index is 1.27. The van der Waals surface area contributed by atoms with Crippen molar-refractivity contribution in [2.45, 2.75) is 116 Å². The molecule has 0 fully saturated rings. The molecule has 0 N–H and O–H groups in total. The van der Waals surface area contributed by atoms with Crippen LogP contribution in [0.3, 0.4) is 0 Å². The van der Waals surface area contributed by atoms with Crippen LogP contribution in [0.4, 0.5) is 0 Å². The molecule has 208 valence electrons. The maximum absolute atomic E-state index is 13.1. The Morgan fingerprint density at radius 2 is 0.947 bits per heavy atom. The molecule has 1 aliphatic carbocycles. The number of unbranched alkanes of at least 4 members (excludes halogenated alkanes) is 15. The number of ketones is 2. The van der Waals surface area contributed by atoms with E-state index < -0.39 is 0 Å². The van der Waals surface area contributed by atoms with Gasteiger partial charge in [-0.25, -0.2) is 0 Å². The van der Waals surface area contributed by atoms with Gasteiger partial charge in [-0.2, -0.15) is 0 Å². The van der Waals surface area contributed by atoms with Crippen LogP contribution in [-0.2, 0) is 6.54 Å². The third-order valence-electron chi connectivity index (χ3n) is 8.22. The van der Waals surface area contributed by atoms with Crippen molar-refractivity contribution in [3.63, 3.8) is 0 Å². The molecule has 0 aromatic heterocycles. The van der Waals surface area contributed by atoms with Crippen molar-refractivity contribution in [3.8, 4) is 0 Å². The number of hydrogen-bond donors (Lipinski definition) is 0. The summed E-state index contributed by atoms with van der Waals surface area (Å²) in [5.74, 6) is -0.0659. The molecule has 0 radical (unpaired) electrons. The predicted octanol–water partition coefficient (Wildman–Crippen LogP) is 9.30. The van der Waals surface area contributed by atoms with Gasteiger partial charge in [-0.05, 0) is 25.0 Å². The van der Waals surface area contributed by atoms with Gasteiger partial charge in [-0.3, -0.25) is 9.59 Å². The highest BCUT2D eigenvalue weighted by molar-refractivity contribution is 6.28. The average Bonchev–Trinajstić information content (AvgIpc) is 2.91. The van der Waals surface area contributed by atoms with Crippen LogP contribution in [0.1, 0.15) is 147 Å². The van der Waals surface area contributed by atoms with E-state index in [0.717, 1.165) is 23.1 Å². The molecule has 0 heterocycles. The maximum Gasteiger partial charge on any atom is 0.194 e. The summed E-state index contributed by atoms with van der Waals surface area (Å²) in [5.41, 5.74) is 3.29. The van der Waals surface area contributed by atoms with Crippen LogP contribution in [0.15, 0.2) is 42.5 Å². The van der Waals surface area contributed by atoms with Crippen molar-refractivity contribution in [1.29, 1.82) is 0 Å². The van der Waals surface area contributed by atoms with Gasteiger partial charge in [-0.1, -0.05) is 127 Å². The van der Waals surface area contributed by atoms with Crippen LogP contribution in [0.25, 0.3) is 0 Å². The lowest BCUT2D eigenvalue weighted by molar-refractivity contribution is -0.903. The smallest absolute Gasteiger partial charge is 0.194 e. The third-order valence-corrected chi connectivity index (χ3v) is 8.22. The largest absolute Gasteiger partial charge is 0.325 e. The Kier molecular flexibility index (Phi) is 12.7. The molecule has 0 unspecified atom stereocenters. The molecule has 1 aliphatic rings. The average molecular weight is 519 g/mol. The van der Waals surface area contributed by atoms with Gasteiger partial charge >= 0.3 is 0 Å². The summed E-state index contributed by atoms with van der Waals surface area (Å²) in [6, 6.07) is 13.0. The highest BCUT2D eigenvalue weighted by atomic mass is 16.1. The highest BCUT2D eigenvalue weighted by Gasteiger charge is 2.30. The summed E-state index contributed by atoms with van der Waals surface area (Å²) < 4.78 is 0.899. The number of fused-ring (bicyclic) bond motifs is 2. The van der Waals surface area contributed by atoms with Crippen molar-refractivity contribution in [2.75, 3.05) is 20.6 Å². The van der Waals surface area contributed by atoms with Crippen molar-refractivity contribution in [3.05, 3.63) is 70.3 Å². The van der Waals surface area contributed by atoms with E-state index in [1.807, 2.05) is 30.3 Å². The van der Waals surface area contributed by atoms with Gasteiger partial charge in [0, 0.05) is 27.8 Å². The molecular formula is C35H52NO2+. The van der Waals surface area contributed by atoms with E-state index in [4.69, 9.17) is 0 Å². The van der Waals surface area contributed by atoms with E-state index in [0.29, 0.717) is 22.3 Å². The first-order valence-electron chi connectivity index (χ1n) is 15.6. The van der Waals surface area contributed by atoms with Gasteiger partial charge in [0.15, 0.2) is 11.6 Å². The zero-order chi connectivity index (χ0) is 27.2. The summed E-state index contributed by atoms with van der Waals surface area (Å²) in [5, 5.41) is 0. The number of carbonyl (C=O) groups is 2. The van der Waals surface area contributed by atoms with Crippen molar-refractivity contribution < 1.29 is 14.1 Å². The molecule has 0 spiro atoms. The minimum Gasteiger partial charge on any atom is -0.325 e. The van der Waals surface area contributed by atoms with Crippen LogP contribution >= 0.6 is 0 Å². The lowest BCUT2D eigenvalue weighted by atomic mass is 9.83. The first kappa shape index (κ1) is 30.3. The molecule has 0 bridgehead atoms. The van der Waals surface area contributed by atoms with E-state index in [-0.39, 0.29) is 11.6 Å². The van der Waals surface area contributed by atoms with Gasteiger partial charge in [0.1, 0.15) is 6.54 Å². The first-order chi connectivity index (χ1) is 18.4. The molecule has 3 rings (SSSR count). The zero-order valence-electron chi connectivity index (χ0n) is 24.5. The fraction of sp³-hybridized carbons (Fsp3) is 0.600. The van der Waals surface area contributed by atoms with Crippen LogP contribution in [0.5, 0.6) is 0 Å². The molecule has 0 amide bonds. The maximum atomic E-state index is 13.1. The monoisotopic (exact) mass is 518 g/mol. The van der Waals surface area contributed by atoms with E-state index in [2.05, 4.69) is 21.0 Å². The minimum absolute atomic E-state index is 0.0276. The van der Waals surface area contributed by atoms with E-state index >= 15 is 0 Å². The molecule has 0 saturated carbocycles. The summed E-state index contributed by atoms with van der Waals surface area (Å²) >= 11 is 0. The van der Waals surface area contributed by atoms with Gasteiger partial charge in [-0.15, -0.1) is 0 Å². The molecular weight excluding hydrogens is 466 g/mol. The normalized spacial score (nSPS) is 13.0. The fourth-order valence-electron chi connectivity index (χ4n) is 5.91. The van der Waals surface area contributed by atoms with Crippen molar-refractivity contribution >= 4 is 11.6 Å². The predicted molar refractivity (Wildman–Crippen MR) is 160 cm³/mol. The lowest BCUT2D eigenvalue weighted by Crippen LogP contribution is -2.39. The number of quaternary nitrogens is 1. The van der Waals surface area contributed by atoms with Gasteiger partial charge in [0.05, 0.1) is 20.6 Å². The van der Waals surface area contributed by atoms with Crippen LogP contribution in [-0.4, -0.2) is 36.7 Å². The van der Waals surface area contributed by atoms with Gasteiger partial charge in [0.2, 0.25) is 0 Å². The van der Waals surface area contributed by atoms with Gasteiger partial charge < -0.3 is 4.48 Å². The molecule has 0 saturated heterocycles. The second kappa shape index (κ2) is 16.0. The molecule has 3 heteroatoms. The third kappa shape index (κ3) is 9.49. The Bertz CT molecular complexity index is 1020. The molecule has 0 aliphatic heterocycles. The van der Waals surface area contributed by atoms with Gasteiger partial charge in [0.25, 0.3) is 0 Å². The van der Waals surface area contributed by atoms with E-state index in [1.165, 1.54) is 103 Å². The number of carbonyl (C=O) groups excluding carboxylic acids is 2. The zero-order valence-corrected chi connectivity index (χ0v) is 24.5. The Hall–Kier alpha value is -2.26. The summed E-state index contributed by atoms with van der Waals surface area (Å²) in [7, 11) is 4.54. The second-order valence-corrected chi connectivity index (χ2v) is 12.2. The fourth-order valence-corrected chi connectivity index (χ4v) is 5.91. The van der Waals surface area contributed by atoms with Crippen LogP contribution in [0, 0.1) is 0 Å². The standard InChI is InChI=1S/C35H52NO2/c1-4-5-6-7-8-9-10-11-12-13-14-15-16-17-18-21-26-36(2,3)28-29-24-25-32-33(27-29)35(38)31-23-20-19-22-30(31)34(32)37/h19-20,22-25,27H,4-18,21,26,28H2,1-3H3/q+1. The second-order valence-electron chi connectivity index (χ2n) is 12.2. The van der Waals surface area contributed by atoms with E-state index in [1.54, 1.807) is 12.1 Å². The number of rotatable bonds is 19. The van der Waals surface area contributed by atoms with Crippen molar-refractivity contribution in [2.24, 2.45) is 0 Å². The molecule has 0 atom stereocenters. The van der Waals surface area contributed by atoms with Crippen molar-refractivity contribution in [1.82, 2.24) is 0 Å². The first-order valence-corrected chi connectivity index (χ1v) is 15.6. The quantitative estimate of drug-likeness (QED) is 0.117. The van der Waals surface area contributed by atoms with Crippen LogP contribution in [0.2, 0.25) is 0 Å². The molecule has 2 aromatic rings. The molecule has 38 heavy (non-hydrogen) atoms. The number of nitrogens with zero attached hydrogens (tertiary/aromatic N) is 1. The topological polar surface area (TPSA) is 34.1 Å². The summed E-state index contributed by atoms with van der Waals surface area (Å²) in [4.78, 5) is 25.9. The summed E-state index contributed by atoms with van der Waals surface area (Å²) in [6.45, 7) is 4.29. The Morgan fingerprint density at radius 3 is 1.45 bits per heavy atom.